The number of rotatable bonds is 18. The molecule has 6 aromatic rings. The van der Waals surface area contributed by atoms with Gasteiger partial charge in [0, 0.05) is 114 Å². The number of hydrogen-bond acceptors (Lipinski definition) is 40. The summed E-state index contributed by atoms with van der Waals surface area (Å²) in [5, 5.41) is 74.1. The maximum absolute atomic E-state index is 11.7. The molecule has 0 aromatic carbocycles. The second kappa shape index (κ2) is 54.8. The van der Waals surface area contributed by atoms with E-state index in [9.17, 15) is 73.8 Å². The maximum atomic E-state index is 11.7. The van der Waals surface area contributed by atoms with E-state index in [1.807, 2.05) is 55.4 Å². The Morgan fingerprint density at radius 3 is 1.10 bits per heavy atom. The molecule has 9 fully saturated rings. The molecule has 137 heavy (non-hydrogen) atoms. The number of nitrogens with one attached hydrogen (secondary N) is 7. The van der Waals surface area contributed by atoms with E-state index in [-0.39, 0.29) is 170 Å². The number of fused-ring (bicyclic) bond motifs is 3. The predicted octanol–water partition coefficient (Wildman–Crippen LogP) is 1.43. The van der Waals surface area contributed by atoms with Crippen LogP contribution in [0.15, 0.2) is 90.2 Å². The Hall–Kier alpha value is -6.58. The molecule has 0 radical (unpaired) electrons. The van der Waals surface area contributed by atoms with Crippen LogP contribution in [0.5, 0.6) is 0 Å². The topological polar surface area (TPSA) is 610 Å². The van der Waals surface area contributed by atoms with E-state index in [2.05, 4.69) is 47.1 Å². The second-order valence-corrected chi connectivity index (χ2v) is 35.3. The summed E-state index contributed by atoms with van der Waals surface area (Å²) in [6.45, 7) is 25.0. The molecule has 0 spiro atoms. The fourth-order valence-electron chi connectivity index (χ4n) is 15.0. The minimum absolute atomic E-state index is 0. The van der Waals surface area contributed by atoms with Crippen molar-refractivity contribution >= 4 is 103 Å². The van der Waals surface area contributed by atoms with Crippen molar-refractivity contribution in [1.29, 1.82) is 0 Å². The molecule has 46 nitrogen and oxygen atoms in total. The van der Waals surface area contributed by atoms with Crippen LogP contribution in [0.1, 0.15) is 174 Å². The van der Waals surface area contributed by atoms with Crippen LogP contribution in [0.25, 0.3) is 0 Å². The number of alkyl halides is 1. The summed E-state index contributed by atoms with van der Waals surface area (Å²) in [6, 6.07) is 5.33. The van der Waals surface area contributed by atoms with Crippen LogP contribution in [0.3, 0.4) is 0 Å². The molecule has 0 bridgehead atoms. The van der Waals surface area contributed by atoms with Gasteiger partial charge in [-0.1, -0.05) is 42.5 Å². The number of carbonyl (C=O) groups is 3. The fraction of sp³-hybridized carbons (Fsp3) is 0.675. The van der Waals surface area contributed by atoms with Crippen molar-refractivity contribution < 1.29 is 165 Å². The molecule has 15 rings (SSSR count). The summed E-state index contributed by atoms with van der Waals surface area (Å²) in [6.07, 6.45) is -1.77. The van der Waals surface area contributed by atoms with Gasteiger partial charge in [-0.25, -0.2) is 0 Å². The largest absolute Gasteiger partial charge is 1.00 e. The van der Waals surface area contributed by atoms with Crippen LogP contribution in [0, 0.1) is 40.5 Å². The van der Waals surface area contributed by atoms with Crippen LogP contribution in [0.4, 0.5) is 0 Å². The van der Waals surface area contributed by atoms with Crippen LogP contribution in [0.2, 0.25) is 0 Å². The van der Waals surface area contributed by atoms with Gasteiger partial charge in [-0.3, -0.25) is 95.9 Å². The molecule has 9 aliphatic rings. The van der Waals surface area contributed by atoms with Crippen molar-refractivity contribution in [3.63, 3.8) is 0 Å². The van der Waals surface area contributed by atoms with E-state index in [0.717, 1.165) is 20.0 Å². The molecule has 766 valence electrons. The zero-order valence-corrected chi connectivity index (χ0v) is 85.2. The molecule has 24 atom stereocenters. The summed E-state index contributed by atoms with van der Waals surface area (Å²) in [5.74, 6) is -3.78. The molecule has 15 heterocycles. The first-order chi connectivity index (χ1) is 63.0. The summed E-state index contributed by atoms with van der Waals surface area (Å²) in [7, 11) is 3.98. The average Bonchev–Trinajstić information content (AvgIpc) is 1.60. The first-order valence-corrected chi connectivity index (χ1v) is 44.9. The number of carbonyl (C=O) groups excluding carboxylic acids is 3. The summed E-state index contributed by atoms with van der Waals surface area (Å²) >= 11 is 35.9. The maximum Gasteiger partial charge on any atom is 1.00 e. The average molecular weight is 2090 g/mol. The fourth-order valence-corrected chi connectivity index (χ4v) is 16.7. The van der Waals surface area contributed by atoms with Gasteiger partial charge in [-0.15, -0.1) is 11.6 Å². The number of ether oxygens (including phenoxy) is 17. The molecule has 6 aromatic heterocycles. The van der Waals surface area contributed by atoms with Gasteiger partial charge in [0.1, 0.15) is 73.2 Å². The van der Waals surface area contributed by atoms with Crippen molar-refractivity contribution in [2.75, 3.05) is 47.8 Å². The number of esters is 3. The molecule has 0 amide bonds. The van der Waals surface area contributed by atoms with Crippen LogP contribution >= 0.6 is 84.9 Å². The van der Waals surface area contributed by atoms with Gasteiger partial charge in [0.05, 0.1) is 56.7 Å². The monoisotopic (exact) mass is 2080 g/mol. The first-order valence-electron chi connectivity index (χ1n) is 41.9. The Morgan fingerprint density at radius 1 is 0.453 bits per heavy atom. The third-order valence-corrected chi connectivity index (χ3v) is 23.6. The minimum Gasteiger partial charge on any atom is -0.857 e. The van der Waals surface area contributed by atoms with E-state index >= 15 is 0 Å². The number of aliphatic hydroxyl groups excluding tert-OH is 7. The smallest absolute Gasteiger partial charge is 0.857 e. The standard InChI is InChI=1S/C13H17ClN2O5S.C13H18N2O6S.C13H18N2O4S.C12H16N2O5S.C11H18O5.C9H12N2O5S.C5H12O2.C4H4N2OS.CH3O.2CH4.Na/c1-13(2)20-8-7(5-17)19-11(9(8)21-13)16-4-6(3-14)10(18)15-12(16)22;1-13(2)20-8-7(5-17)19-11(9(8)21-13)15-3-6(4-16)10(18)14-12(15)22;1-4-9-7(2)11(18-8(3)16)12(19-9)15-6-5-10(17)14-13(15)20;1-12(2)18-8-6(5-15)17-10(9(8)19-12)14-4-3-7(16)13-11(14)20;1-5-9-6(2)10(14-7(3)12)11(16-9)15-8(4)13;12-3-4-6(14)7(15)8(16-4)11-2-1-5(13)10-9(11)17;1-5(2,6-3)7-4;7-3-1-2-5-4(8)6-3;1-2;;;/h4,7-9,11,17H,3,5H2,1-2H3,(H,15,18,22);3,7-9,11,16-17H,4-5H2,1-2H3,(H,14,18,22);5-7,9,11-12H,4H2,1-3H3,(H,14,17,20);3-4,6,8-10,15H,5H2,1-2H3,(H,13,16,20);6,9-11H,5H2,1-4H3;1-2,4,6-8,12,14-15H,3H2,(H,10,13,17);1-4H3;1-2H,(H2,5,6,7,8);1H3;2*1H4;/q;;;;;;;;-1;;;+1/t2*7-,8?,9+,11-;7?,9-,11+,12-;6-,8?,9+,10-;6?,9-,10+,11-;4-,6?,7+,8-;;;;;;/m111111....../s1. The number of aliphatic hydroxyl groups is 7. The molecule has 54 heteroatoms. The number of nitrogens with zero attached hydrogens (tertiary/aromatic N) is 5. The molecule has 6 unspecified atom stereocenters. The van der Waals surface area contributed by atoms with Crippen molar-refractivity contribution in [3.05, 3.63) is 163 Å². The Bertz CT molecular complexity index is 5520. The van der Waals surface area contributed by atoms with Crippen LogP contribution in [-0.4, -0.2) is 286 Å². The van der Waals surface area contributed by atoms with Gasteiger partial charge >= 0.3 is 47.5 Å². The number of aromatic nitrogens is 12. The summed E-state index contributed by atoms with van der Waals surface area (Å²) in [4.78, 5) is 118. The molecular weight excluding hydrogens is 1960 g/mol. The van der Waals surface area contributed by atoms with Crippen molar-refractivity contribution in [2.45, 2.75) is 302 Å². The second-order valence-electron chi connectivity index (χ2n) is 32.7. The number of halogens is 1. The Balaban J connectivity index is 0.000000331. The first kappa shape index (κ1) is 123. The van der Waals surface area contributed by atoms with E-state index in [4.69, 9.17) is 163 Å². The van der Waals surface area contributed by atoms with Crippen LogP contribution < -0.4 is 68.0 Å². The minimum atomic E-state index is -1.22. The third kappa shape index (κ3) is 32.5. The van der Waals surface area contributed by atoms with E-state index in [1.165, 1.54) is 72.8 Å². The van der Waals surface area contributed by atoms with Gasteiger partial charge in [0.2, 0.25) is 6.29 Å². The van der Waals surface area contributed by atoms with Crippen molar-refractivity contribution in [1.82, 2.24) is 57.7 Å². The zero-order valence-electron chi connectivity index (χ0n) is 77.5. The molecular formula is C83H126ClN12NaO34S6. The van der Waals surface area contributed by atoms with Gasteiger partial charge in [0.15, 0.2) is 95.1 Å². The van der Waals surface area contributed by atoms with E-state index < -0.39 is 165 Å². The summed E-state index contributed by atoms with van der Waals surface area (Å²) in [5.41, 5.74) is -1.31. The molecule has 9 saturated heterocycles. The van der Waals surface area contributed by atoms with E-state index in [0.29, 0.717) is 10.3 Å². The van der Waals surface area contributed by atoms with Crippen molar-refractivity contribution in [3.8, 4) is 0 Å². The van der Waals surface area contributed by atoms with Gasteiger partial charge in [0.25, 0.3) is 33.4 Å². The number of hydrogen-bond donors (Lipinski definition) is 14. The van der Waals surface area contributed by atoms with Crippen LogP contribution in [-0.2, 0) is 107 Å². The zero-order chi connectivity index (χ0) is 100. The number of aromatic amines is 7. The van der Waals surface area contributed by atoms with E-state index in [1.54, 1.807) is 74.2 Å². The SMILES string of the molecule is C.C.CC1(C)OC2[C@@H](CO)O[C@@H](n3cc(CCl)c(=O)[nH]c3=S)[C@H]2O1.CC1(C)OC2[C@@H](CO)O[C@@H](n3cc(CO)c(=O)[nH]c3=S)[C@H]2O1.CC1(C)OC2[C@@H](CO)O[C@@H](n3ccc(=O)[nH]c3=S)[C@H]2O1.CC[C@H]1O[C@@H](OC(C)=O)[C@@H](OC(C)=O)C1C.CC[C@H]1O[C@@H](n2ccc(=O)[nH]c2=S)[C@@H](OC(C)=O)C1C.COC(C)(C)OC.C[O-].O=c1cc[nH]c(=S)[nH]1.O=c1ccn([C@@H]2O[C@H](CO)C(O)[C@@H]2O)c(=S)[nH]1.[Na+]. The molecule has 14 N–H and O–H groups in total. The quantitative estimate of drug-likeness (QED) is 0.0144. The Morgan fingerprint density at radius 2 is 0.774 bits per heavy atom. The van der Waals surface area contributed by atoms with Gasteiger partial charge in [-0.05, 0) is 142 Å². The third-order valence-electron chi connectivity index (χ3n) is 21.5. The van der Waals surface area contributed by atoms with Crippen molar-refractivity contribution in [2.24, 2.45) is 11.8 Å². The molecule has 9 aliphatic heterocycles. The molecule has 0 aliphatic carbocycles. The normalized spacial score (nSPS) is 29.2. The Kier molecular flexibility index (Phi) is 49.1. The Labute approximate surface area is 845 Å². The predicted molar refractivity (Wildman–Crippen MR) is 496 cm³/mol. The molecule has 0 saturated carbocycles. The number of methoxy groups -OCH3 is 2. The van der Waals surface area contributed by atoms with Gasteiger partial charge < -0.3 is 126 Å². The van der Waals surface area contributed by atoms with Gasteiger partial charge in [-0.2, -0.15) is 7.11 Å². The summed E-state index contributed by atoms with van der Waals surface area (Å²) < 4.78 is 103. The number of H-pyrrole nitrogens is 7.